The van der Waals surface area contributed by atoms with Crippen LogP contribution in [0, 0.1) is 0 Å². The molecule has 0 aromatic heterocycles. The van der Waals surface area contributed by atoms with Crippen LogP contribution < -0.4 is 0 Å². The second-order valence-electron chi connectivity index (χ2n) is 3.49. The molecule has 0 heterocycles. The van der Waals surface area contributed by atoms with Gasteiger partial charge in [0.2, 0.25) is 0 Å². The molecule has 0 fully saturated rings. The Hall–Kier alpha value is 0.260. The minimum atomic E-state index is -3.26. The van der Waals surface area contributed by atoms with Crippen LogP contribution in [-0.4, -0.2) is 31.8 Å². The van der Waals surface area contributed by atoms with Gasteiger partial charge in [-0.25, -0.2) is 0 Å². The van der Waals surface area contributed by atoms with Crippen molar-refractivity contribution in [3.8, 4) is 0 Å². The van der Waals surface area contributed by atoms with Gasteiger partial charge < -0.3 is 0 Å². The van der Waals surface area contributed by atoms with Crippen molar-refractivity contribution < 1.29 is 12.6 Å². The van der Waals surface area contributed by atoms with E-state index in [4.69, 9.17) is 0 Å². The summed E-state index contributed by atoms with van der Waals surface area (Å²) in [6.45, 7) is 6.51. The molecule has 0 aliphatic carbocycles. The van der Waals surface area contributed by atoms with Crippen LogP contribution in [0.2, 0.25) is 0 Å². The minimum Gasteiger partial charge on any atom is -0.269 e. The first kappa shape index (κ1) is 12.3. The van der Waals surface area contributed by atoms with E-state index in [1.807, 2.05) is 0 Å². The summed E-state index contributed by atoms with van der Waals surface area (Å²) in [6, 6.07) is 0. The number of rotatable bonds is 4. The molecule has 0 aromatic carbocycles. The molecule has 74 valence electrons. The van der Waals surface area contributed by atoms with Gasteiger partial charge in [0.05, 0.1) is 12.9 Å². The van der Waals surface area contributed by atoms with E-state index in [1.165, 1.54) is 0 Å². The maximum Gasteiger partial charge on any atom is 0.264 e. The van der Waals surface area contributed by atoms with Crippen LogP contribution in [0.4, 0.5) is 0 Å². The highest BCUT2D eigenvalue weighted by molar-refractivity contribution is 8.00. The molecule has 0 aromatic rings. The lowest BCUT2D eigenvalue weighted by molar-refractivity contribution is 0.345. The molecular weight excluding hydrogens is 196 g/mol. The average Bonchev–Trinajstić information content (AvgIpc) is 1.76. The standard InChI is InChI=1S/C7H16O3S2/c1-7(2,3)11-6-5-10-12(4,8)9/h5-6H2,1-4H3. The van der Waals surface area contributed by atoms with Gasteiger partial charge in [0.1, 0.15) is 0 Å². The summed E-state index contributed by atoms with van der Waals surface area (Å²) in [6.07, 6.45) is 1.06. The third kappa shape index (κ3) is 10.3. The molecule has 0 saturated carbocycles. The van der Waals surface area contributed by atoms with Gasteiger partial charge in [0, 0.05) is 10.5 Å². The van der Waals surface area contributed by atoms with Crippen LogP contribution in [0.25, 0.3) is 0 Å². The quantitative estimate of drug-likeness (QED) is 0.523. The number of hydrogen-bond acceptors (Lipinski definition) is 4. The Morgan fingerprint density at radius 2 is 1.83 bits per heavy atom. The summed E-state index contributed by atoms with van der Waals surface area (Å²) in [4.78, 5) is 0. The van der Waals surface area contributed by atoms with Gasteiger partial charge in [-0.3, -0.25) is 4.18 Å². The second kappa shape index (κ2) is 4.48. The van der Waals surface area contributed by atoms with Crippen molar-refractivity contribution in [3.63, 3.8) is 0 Å². The van der Waals surface area contributed by atoms with E-state index >= 15 is 0 Å². The van der Waals surface area contributed by atoms with E-state index in [0.29, 0.717) is 5.75 Å². The molecule has 0 bridgehead atoms. The maximum absolute atomic E-state index is 10.5. The van der Waals surface area contributed by atoms with Crippen LogP contribution in [0.15, 0.2) is 0 Å². The molecule has 0 radical (unpaired) electrons. The monoisotopic (exact) mass is 212 g/mol. The highest BCUT2D eigenvalue weighted by atomic mass is 32.2. The molecule has 5 heteroatoms. The fraction of sp³-hybridized carbons (Fsp3) is 1.00. The molecule has 0 saturated heterocycles. The smallest absolute Gasteiger partial charge is 0.264 e. The Balaban J connectivity index is 3.48. The lowest BCUT2D eigenvalue weighted by Gasteiger charge is -2.16. The highest BCUT2D eigenvalue weighted by Crippen LogP contribution is 2.22. The number of thioether (sulfide) groups is 1. The van der Waals surface area contributed by atoms with Crippen molar-refractivity contribution in [1.29, 1.82) is 0 Å². The minimum absolute atomic E-state index is 0.168. The maximum atomic E-state index is 10.5. The largest absolute Gasteiger partial charge is 0.269 e. The summed E-state index contributed by atoms with van der Waals surface area (Å²) >= 11 is 1.68. The summed E-state index contributed by atoms with van der Waals surface area (Å²) in [5.74, 6) is 0.705. The Morgan fingerprint density at radius 1 is 1.33 bits per heavy atom. The van der Waals surface area contributed by atoms with Gasteiger partial charge in [-0.1, -0.05) is 20.8 Å². The second-order valence-corrected chi connectivity index (χ2v) is 7.05. The molecule has 3 nitrogen and oxygen atoms in total. The van der Waals surface area contributed by atoms with E-state index in [0.717, 1.165) is 6.26 Å². The van der Waals surface area contributed by atoms with Crippen LogP contribution in [-0.2, 0) is 14.3 Å². The van der Waals surface area contributed by atoms with Crippen molar-refractivity contribution in [2.75, 3.05) is 18.6 Å². The SMILES string of the molecule is CC(C)(C)SCCOS(C)(=O)=O. The van der Waals surface area contributed by atoms with E-state index < -0.39 is 10.1 Å². The van der Waals surface area contributed by atoms with E-state index in [1.54, 1.807) is 11.8 Å². The molecule has 0 aliphatic rings. The number of hydrogen-bond donors (Lipinski definition) is 0. The zero-order chi connectivity index (χ0) is 9.83. The van der Waals surface area contributed by atoms with Crippen molar-refractivity contribution >= 4 is 21.9 Å². The van der Waals surface area contributed by atoms with E-state index in [-0.39, 0.29) is 11.4 Å². The predicted octanol–water partition coefficient (Wildman–Crippen LogP) is 1.49. The molecule has 0 unspecified atom stereocenters. The van der Waals surface area contributed by atoms with Crippen LogP contribution in [0.5, 0.6) is 0 Å². The lowest BCUT2D eigenvalue weighted by atomic mass is 10.3. The van der Waals surface area contributed by atoms with Crippen molar-refractivity contribution in [2.24, 2.45) is 0 Å². The van der Waals surface area contributed by atoms with E-state index in [9.17, 15) is 8.42 Å². The molecule has 0 rings (SSSR count). The normalized spacial score (nSPS) is 13.3. The molecule has 0 atom stereocenters. The first-order chi connectivity index (χ1) is 5.21. The Kier molecular flexibility index (Phi) is 4.58. The van der Waals surface area contributed by atoms with Gasteiger partial charge >= 0.3 is 0 Å². The third-order valence-electron chi connectivity index (χ3n) is 0.916. The fourth-order valence-electron chi connectivity index (χ4n) is 0.533. The van der Waals surface area contributed by atoms with Crippen molar-refractivity contribution in [2.45, 2.75) is 25.5 Å². The van der Waals surface area contributed by atoms with Gasteiger partial charge in [-0.05, 0) is 0 Å². The molecule has 0 aliphatic heterocycles. The first-order valence-corrected chi connectivity index (χ1v) is 6.49. The summed E-state index contributed by atoms with van der Waals surface area (Å²) < 4.78 is 25.8. The Morgan fingerprint density at radius 3 is 2.17 bits per heavy atom. The summed E-state index contributed by atoms with van der Waals surface area (Å²) in [5.41, 5.74) is 0. The van der Waals surface area contributed by atoms with E-state index in [2.05, 4.69) is 25.0 Å². The van der Waals surface area contributed by atoms with Gasteiger partial charge in [-0.15, -0.1) is 0 Å². The molecule has 12 heavy (non-hydrogen) atoms. The van der Waals surface area contributed by atoms with Crippen LogP contribution >= 0.6 is 11.8 Å². The highest BCUT2D eigenvalue weighted by Gasteiger charge is 2.10. The molecule has 0 N–H and O–H groups in total. The molecule has 0 spiro atoms. The average molecular weight is 212 g/mol. The van der Waals surface area contributed by atoms with Crippen LogP contribution in [0.1, 0.15) is 20.8 Å². The predicted molar refractivity (Wildman–Crippen MR) is 53.0 cm³/mol. The summed E-state index contributed by atoms with van der Waals surface area (Å²) in [7, 11) is -3.26. The zero-order valence-electron chi connectivity index (χ0n) is 7.96. The lowest BCUT2D eigenvalue weighted by Crippen LogP contribution is -2.12. The molecule has 0 amide bonds. The summed E-state index contributed by atoms with van der Waals surface area (Å²) in [5, 5.41) is 0. The van der Waals surface area contributed by atoms with Crippen LogP contribution in [0.3, 0.4) is 0 Å². The zero-order valence-corrected chi connectivity index (χ0v) is 9.59. The first-order valence-electron chi connectivity index (χ1n) is 3.69. The topological polar surface area (TPSA) is 43.4 Å². The molecular formula is C7H16O3S2. The Labute approximate surface area is 79.0 Å². The van der Waals surface area contributed by atoms with Crippen molar-refractivity contribution in [3.05, 3.63) is 0 Å². The Bertz CT molecular complexity index is 213. The van der Waals surface area contributed by atoms with Crippen molar-refractivity contribution in [1.82, 2.24) is 0 Å². The fourth-order valence-corrected chi connectivity index (χ4v) is 1.80. The van der Waals surface area contributed by atoms with Gasteiger partial charge in [0.15, 0.2) is 0 Å². The van der Waals surface area contributed by atoms with Gasteiger partial charge in [-0.2, -0.15) is 20.2 Å². The third-order valence-corrected chi connectivity index (χ3v) is 2.75. The van der Waals surface area contributed by atoms with Gasteiger partial charge in [0.25, 0.3) is 10.1 Å².